The number of anilines is 1. The summed E-state index contributed by atoms with van der Waals surface area (Å²) in [5.74, 6) is -0.977. The highest BCUT2D eigenvalue weighted by Crippen LogP contribution is 2.27. The molecule has 1 unspecified atom stereocenters. The van der Waals surface area contributed by atoms with E-state index in [1.165, 1.54) is 18.2 Å². The molecule has 106 valence electrons. The highest BCUT2D eigenvalue weighted by atomic mass is 16.6. The first kappa shape index (κ1) is 15.4. The van der Waals surface area contributed by atoms with Crippen molar-refractivity contribution in [2.45, 2.75) is 32.2 Å². The maximum Gasteiger partial charge on any atom is 0.305 e. The van der Waals surface area contributed by atoms with Crippen LogP contribution in [0.15, 0.2) is 18.2 Å². The van der Waals surface area contributed by atoms with Crippen LogP contribution in [0.25, 0.3) is 0 Å². The Labute approximate surface area is 116 Å². The maximum absolute atomic E-state index is 10.9. The molecule has 0 amide bonds. The van der Waals surface area contributed by atoms with E-state index in [-0.39, 0.29) is 23.4 Å². The second-order valence-corrected chi connectivity index (χ2v) is 4.33. The molecule has 7 heteroatoms. The lowest BCUT2D eigenvalue weighted by Gasteiger charge is -2.17. The van der Waals surface area contributed by atoms with Gasteiger partial charge in [0.2, 0.25) is 0 Å². The number of aliphatic carboxylic acids is 1. The van der Waals surface area contributed by atoms with Crippen LogP contribution in [0.1, 0.15) is 31.7 Å². The van der Waals surface area contributed by atoms with Gasteiger partial charge in [0.05, 0.1) is 23.0 Å². The van der Waals surface area contributed by atoms with Crippen molar-refractivity contribution in [1.29, 1.82) is 5.26 Å². The lowest BCUT2D eigenvalue weighted by atomic mass is 10.1. The smallest absolute Gasteiger partial charge is 0.305 e. The van der Waals surface area contributed by atoms with Crippen LogP contribution in [0, 0.1) is 21.4 Å². The molecule has 0 heterocycles. The molecule has 0 aliphatic carbocycles. The van der Waals surface area contributed by atoms with Crippen LogP contribution in [-0.4, -0.2) is 22.0 Å². The number of nitro benzene ring substituents is 1. The van der Waals surface area contributed by atoms with E-state index in [1.807, 2.05) is 13.0 Å². The molecule has 1 atom stereocenters. The third-order valence-electron chi connectivity index (χ3n) is 2.74. The number of rotatable bonds is 7. The lowest BCUT2D eigenvalue weighted by molar-refractivity contribution is -0.384. The summed E-state index contributed by atoms with van der Waals surface area (Å²) in [6.07, 6.45) is 1.18. The first-order valence-electron chi connectivity index (χ1n) is 6.14. The van der Waals surface area contributed by atoms with Gasteiger partial charge in [-0.1, -0.05) is 13.3 Å². The van der Waals surface area contributed by atoms with E-state index >= 15 is 0 Å². The fourth-order valence-electron chi connectivity index (χ4n) is 1.88. The van der Waals surface area contributed by atoms with Crippen molar-refractivity contribution in [1.82, 2.24) is 0 Å². The molecule has 1 aromatic carbocycles. The highest BCUT2D eigenvalue weighted by Gasteiger charge is 2.19. The van der Waals surface area contributed by atoms with Crippen LogP contribution < -0.4 is 5.32 Å². The predicted octanol–water partition coefficient (Wildman–Crippen LogP) is 2.52. The van der Waals surface area contributed by atoms with Gasteiger partial charge < -0.3 is 10.4 Å². The van der Waals surface area contributed by atoms with Gasteiger partial charge in [-0.15, -0.1) is 0 Å². The van der Waals surface area contributed by atoms with Gasteiger partial charge in [0.15, 0.2) is 0 Å². The standard InChI is InChI=1S/C13H15N3O4/c1-2-3-10(7-13(17)18)15-11-6-9(8-14)4-5-12(11)16(19)20/h4-6,10,15H,2-3,7H2,1H3,(H,17,18). The quantitative estimate of drug-likeness (QED) is 0.584. The number of nitro groups is 1. The minimum atomic E-state index is -0.977. The predicted molar refractivity (Wildman–Crippen MR) is 72.4 cm³/mol. The Bertz CT molecular complexity index is 551. The van der Waals surface area contributed by atoms with Gasteiger partial charge in [0.25, 0.3) is 5.69 Å². The number of nitriles is 1. The number of hydrogen-bond donors (Lipinski definition) is 2. The Morgan fingerprint density at radius 3 is 2.80 bits per heavy atom. The van der Waals surface area contributed by atoms with E-state index in [9.17, 15) is 14.9 Å². The van der Waals surface area contributed by atoms with Crippen molar-refractivity contribution < 1.29 is 14.8 Å². The van der Waals surface area contributed by atoms with Crippen LogP contribution in [0.5, 0.6) is 0 Å². The van der Waals surface area contributed by atoms with E-state index < -0.39 is 16.9 Å². The van der Waals surface area contributed by atoms with Crippen molar-refractivity contribution >= 4 is 17.3 Å². The number of carbonyl (C=O) groups is 1. The van der Waals surface area contributed by atoms with Gasteiger partial charge in [-0.3, -0.25) is 14.9 Å². The highest BCUT2D eigenvalue weighted by molar-refractivity contribution is 5.70. The molecular weight excluding hydrogens is 262 g/mol. The summed E-state index contributed by atoms with van der Waals surface area (Å²) in [4.78, 5) is 21.2. The van der Waals surface area contributed by atoms with Crippen LogP contribution in [-0.2, 0) is 4.79 Å². The van der Waals surface area contributed by atoms with Crippen LogP contribution in [0.4, 0.5) is 11.4 Å². The second kappa shape index (κ2) is 7.09. The minimum absolute atomic E-state index is 0.137. The normalized spacial score (nSPS) is 11.4. The molecular formula is C13H15N3O4. The molecule has 2 N–H and O–H groups in total. The molecule has 0 saturated heterocycles. The Hall–Kier alpha value is -2.62. The molecule has 0 fully saturated rings. The second-order valence-electron chi connectivity index (χ2n) is 4.33. The van der Waals surface area contributed by atoms with Crippen molar-refractivity contribution in [3.63, 3.8) is 0 Å². The van der Waals surface area contributed by atoms with E-state index in [4.69, 9.17) is 10.4 Å². The topological polar surface area (TPSA) is 116 Å². The van der Waals surface area contributed by atoms with Crippen molar-refractivity contribution in [3.05, 3.63) is 33.9 Å². The van der Waals surface area contributed by atoms with Crippen molar-refractivity contribution in [3.8, 4) is 6.07 Å². The minimum Gasteiger partial charge on any atom is -0.481 e. The first-order chi connectivity index (χ1) is 9.47. The van der Waals surface area contributed by atoms with Gasteiger partial charge in [0, 0.05) is 12.1 Å². The average Bonchev–Trinajstić information content (AvgIpc) is 2.37. The van der Waals surface area contributed by atoms with Crippen LogP contribution >= 0.6 is 0 Å². The zero-order chi connectivity index (χ0) is 15.1. The van der Waals surface area contributed by atoms with Gasteiger partial charge in [-0.25, -0.2) is 0 Å². The van der Waals surface area contributed by atoms with Crippen molar-refractivity contribution in [2.24, 2.45) is 0 Å². The monoisotopic (exact) mass is 277 g/mol. The summed E-state index contributed by atoms with van der Waals surface area (Å²) >= 11 is 0. The maximum atomic E-state index is 10.9. The molecule has 0 aliphatic rings. The SMILES string of the molecule is CCCC(CC(=O)O)Nc1cc(C#N)ccc1[N+](=O)[O-]. The van der Waals surface area contributed by atoms with Gasteiger partial charge >= 0.3 is 5.97 Å². The molecule has 0 aliphatic heterocycles. The lowest BCUT2D eigenvalue weighted by Crippen LogP contribution is -2.23. The van der Waals surface area contributed by atoms with E-state index in [0.29, 0.717) is 6.42 Å². The van der Waals surface area contributed by atoms with E-state index in [0.717, 1.165) is 6.42 Å². The zero-order valence-electron chi connectivity index (χ0n) is 11.0. The number of benzene rings is 1. The molecule has 0 spiro atoms. The Morgan fingerprint density at radius 1 is 1.60 bits per heavy atom. The Balaban J connectivity index is 3.05. The summed E-state index contributed by atoms with van der Waals surface area (Å²) in [7, 11) is 0. The summed E-state index contributed by atoms with van der Waals surface area (Å²) in [6.45, 7) is 1.90. The van der Waals surface area contributed by atoms with Crippen LogP contribution in [0.3, 0.4) is 0 Å². The van der Waals surface area contributed by atoms with Gasteiger partial charge in [-0.2, -0.15) is 5.26 Å². The molecule has 0 bridgehead atoms. The third-order valence-corrected chi connectivity index (χ3v) is 2.74. The summed E-state index contributed by atoms with van der Waals surface area (Å²) in [5, 5.41) is 31.5. The molecule has 0 aromatic heterocycles. The van der Waals surface area contributed by atoms with Crippen LogP contribution in [0.2, 0.25) is 0 Å². The summed E-state index contributed by atoms with van der Waals surface area (Å²) in [5.41, 5.74) is 0.285. The molecule has 0 saturated carbocycles. The number of carboxylic acid groups (broad SMARTS) is 1. The zero-order valence-corrected chi connectivity index (χ0v) is 11.0. The number of carboxylic acids is 1. The fraction of sp³-hybridized carbons (Fsp3) is 0.385. The Morgan fingerprint density at radius 2 is 2.30 bits per heavy atom. The molecule has 1 rings (SSSR count). The van der Waals surface area contributed by atoms with E-state index in [2.05, 4.69) is 5.32 Å². The molecule has 20 heavy (non-hydrogen) atoms. The third kappa shape index (κ3) is 4.24. The first-order valence-corrected chi connectivity index (χ1v) is 6.14. The summed E-state index contributed by atoms with van der Waals surface area (Å²) in [6, 6.07) is 5.45. The van der Waals surface area contributed by atoms with Gasteiger partial charge in [0.1, 0.15) is 5.69 Å². The van der Waals surface area contributed by atoms with E-state index in [1.54, 1.807) is 0 Å². The molecule has 1 aromatic rings. The summed E-state index contributed by atoms with van der Waals surface area (Å²) < 4.78 is 0. The number of nitrogens with zero attached hydrogens (tertiary/aromatic N) is 2. The average molecular weight is 277 g/mol. The van der Waals surface area contributed by atoms with Crippen molar-refractivity contribution in [2.75, 3.05) is 5.32 Å². The number of hydrogen-bond acceptors (Lipinski definition) is 5. The number of nitrogens with one attached hydrogen (secondary N) is 1. The Kier molecular flexibility index (Phi) is 5.47. The van der Waals surface area contributed by atoms with Gasteiger partial charge in [-0.05, 0) is 18.6 Å². The fourth-order valence-corrected chi connectivity index (χ4v) is 1.88. The largest absolute Gasteiger partial charge is 0.481 e. The molecule has 0 radical (unpaired) electrons. The molecule has 7 nitrogen and oxygen atoms in total.